The maximum atomic E-state index is 2.44. The van der Waals surface area contributed by atoms with Gasteiger partial charge >= 0.3 is 0 Å². The summed E-state index contributed by atoms with van der Waals surface area (Å²) in [4.78, 5) is 0. The van der Waals surface area contributed by atoms with Crippen LogP contribution in [0, 0.1) is 0 Å². The van der Waals surface area contributed by atoms with Crippen LogP contribution in [-0.4, -0.2) is 0 Å². The number of hydrogen-bond donors (Lipinski definition) is 0. The van der Waals surface area contributed by atoms with Gasteiger partial charge in [0.25, 0.3) is 0 Å². The highest BCUT2D eigenvalue weighted by molar-refractivity contribution is 6.19. The van der Waals surface area contributed by atoms with Crippen molar-refractivity contribution in [3.63, 3.8) is 0 Å². The third-order valence-corrected chi connectivity index (χ3v) is 13.0. The fourth-order valence-corrected chi connectivity index (χ4v) is 10.9. The van der Waals surface area contributed by atoms with Crippen LogP contribution in [0.15, 0.2) is 194 Å². The smallest absolute Gasteiger partial charge is 0.0619 e. The van der Waals surface area contributed by atoms with E-state index < -0.39 is 5.41 Å². The molecule has 0 unspecified atom stereocenters. The van der Waals surface area contributed by atoms with Gasteiger partial charge in [0.05, 0.1) is 5.41 Å². The van der Waals surface area contributed by atoms with E-state index in [0.29, 0.717) is 0 Å². The number of hydrogen-bond acceptors (Lipinski definition) is 0. The Kier molecular flexibility index (Phi) is 5.65. The van der Waals surface area contributed by atoms with Crippen molar-refractivity contribution in [3.8, 4) is 66.8 Å². The summed E-state index contributed by atoms with van der Waals surface area (Å²) in [5.41, 5.74) is 20.8. The Morgan fingerprint density at radius 2 is 0.727 bits per heavy atom. The van der Waals surface area contributed by atoms with Crippen LogP contribution in [0.1, 0.15) is 22.3 Å². The van der Waals surface area contributed by atoms with Crippen molar-refractivity contribution in [2.24, 2.45) is 0 Å². The second-order valence-electron chi connectivity index (χ2n) is 15.5. The monoisotopic (exact) mass is 692 g/mol. The average molecular weight is 693 g/mol. The van der Waals surface area contributed by atoms with Crippen molar-refractivity contribution >= 4 is 32.3 Å². The molecule has 0 heteroatoms. The SMILES string of the molecule is c1ccc(-c2ccc3c4c(cccc24)-c2ccccc2-3)c(-c2ccc3c4c(ccc3c2)-c2ccc3ccccc3c2C42c3ccccc3-c3ccccc32)c1. The first-order valence-corrected chi connectivity index (χ1v) is 19.4. The summed E-state index contributed by atoms with van der Waals surface area (Å²) in [5, 5.41) is 7.86. The minimum absolute atomic E-state index is 0.431. The lowest BCUT2D eigenvalue weighted by Gasteiger charge is -2.32. The van der Waals surface area contributed by atoms with Gasteiger partial charge in [-0.25, -0.2) is 0 Å². The minimum Gasteiger partial charge on any atom is -0.0619 e. The van der Waals surface area contributed by atoms with Crippen molar-refractivity contribution in [1.29, 1.82) is 0 Å². The van der Waals surface area contributed by atoms with Gasteiger partial charge < -0.3 is 0 Å². The molecule has 0 N–H and O–H groups in total. The van der Waals surface area contributed by atoms with E-state index in [1.807, 2.05) is 0 Å². The predicted octanol–water partition coefficient (Wildman–Crippen LogP) is 14.5. The fraction of sp³-hybridized carbons (Fsp3) is 0.0182. The molecule has 0 radical (unpaired) electrons. The molecule has 0 saturated carbocycles. The van der Waals surface area contributed by atoms with Crippen LogP contribution < -0.4 is 0 Å². The summed E-state index contributed by atoms with van der Waals surface area (Å²) in [6.07, 6.45) is 0. The fourth-order valence-electron chi connectivity index (χ4n) is 10.9. The maximum Gasteiger partial charge on any atom is 0.0737 e. The van der Waals surface area contributed by atoms with Gasteiger partial charge in [0.1, 0.15) is 0 Å². The largest absolute Gasteiger partial charge is 0.0737 e. The predicted molar refractivity (Wildman–Crippen MR) is 231 cm³/mol. The molecule has 0 heterocycles. The Hall–Kier alpha value is -7.02. The molecular formula is C55H32. The first kappa shape index (κ1) is 29.4. The molecule has 0 bridgehead atoms. The molecule has 55 heavy (non-hydrogen) atoms. The molecule has 0 aliphatic heterocycles. The Morgan fingerprint density at radius 3 is 1.44 bits per heavy atom. The van der Waals surface area contributed by atoms with Crippen molar-refractivity contribution < 1.29 is 0 Å². The van der Waals surface area contributed by atoms with E-state index in [2.05, 4.69) is 194 Å². The lowest BCUT2D eigenvalue weighted by atomic mass is 9.68. The molecule has 0 amide bonds. The minimum atomic E-state index is -0.431. The van der Waals surface area contributed by atoms with Crippen molar-refractivity contribution in [3.05, 3.63) is 216 Å². The van der Waals surface area contributed by atoms with Crippen LogP contribution in [0.4, 0.5) is 0 Å². The molecule has 0 aromatic heterocycles. The molecule has 3 aliphatic rings. The van der Waals surface area contributed by atoms with Gasteiger partial charge in [-0.2, -0.15) is 0 Å². The van der Waals surface area contributed by atoms with Gasteiger partial charge in [0, 0.05) is 0 Å². The lowest BCUT2D eigenvalue weighted by molar-refractivity contribution is 0.809. The Balaban J connectivity index is 1.06. The van der Waals surface area contributed by atoms with Crippen molar-refractivity contribution in [2.75, 3.05) is 0 Å². The molecule has 10 aromatic rings. The highest BCUT2D eigenvalue weighted by Gasteiger charge is 2.53. The van der Waals surface area contributed by atoms with Crippen LogP contribution in [0.2, 0.25) is 0 Å². The molecule has 13 rings (SSSR count). The van der Waals surface area contributed by atoms with Crippen molar-refractivity contribution in [1.82, 2.24) is 0 Å². The molecule has 252 valence electrons. The van der Waals surface area contributed by atoms with Crippen molar-refractivity contribution in [2.45, 2.75) is 5.41 Å². The zero-order chi connectivity index (χ0) is 35.8. The third-order valence-electron chi connectivity index (χ3n) is 13.0. The molecular weight excluding hydrogens is 661 g/mol. The normalized spacial score (nSPS) is 13.6. The van der Waals surface area contributed by atoms with Gasteiger partial charge in [-0.05, 0) is 127 Å². The summed E-state index contributed by atoms with van der Waals surface area (Å²) in [6, 6.07) is 73.2. The Bertz CT molecular complexity index is 3250. The van der Waals surface area contributed by atoms with E-state index in [4.69, 9.17) is 0 Å². The quantitative estimate of drug-likeness (QED) is 0.169. The summed E-state index contributed by atoms with van der Waals surface area (Å²) in [5.74, 6) is 0. The zero-order valence-electron chi connectivity index (χ0n) is 30.0. The first-order chi connectivity index (χ1) is 27.3. The Morgan fingerprint density at radius 1 is 0.255 bits per heavy atom. The molecule has 0 saturated heterocycles. The van der Waals surface area contributed by atoms with E-state index in [-0.39, 0.29) is 0 Å². The van der Waals surface area contributed by atoms with E-state index in [1.165, 1.54) is 121 Å². The summed E-state index contributed by atoms with van der Waals surface area (Å²) >= 11 is 0. The molecule has 3 aliphatic carbocycles. The first-order valence-electron chi connectivity index (χ1n) is 19.4. The molecule has 10 aromatic carbocycles. The van der Waals surface area contributed by atoms with E-state index >= 15 is 0 Å². The highest BCUT2D eigenvalue weighted by atomic mass is 14.5. The van der Waals surface area contributed by atoms with Crippen LogP contribution in [0.5, 0.6) is 0 Å². The standard InChI is InChI=1S/C55H32/c1-2-14-37-33(12-1)24-28-48-49-29-26-35-32-34(25-27-38(35)54(49)55(53(37)48)50-22-9-7-18-43(50)44-19-8-10-23-51(44)55)36-13-3-4-15-39(36)42-30-31-47-41-17-6-5-16-40(41)45-20-11-21-46(42)52(45)47/h1-32H. The van der Waals surface area contributed by atoms with E-state index in [9.17, 15) is 0 Å². The highest BCUT2D eigenvalue weighted by Crippen LogP contribution is 2.65. The summed E-state index contributed by atoms with van der Waals surface area (Å²) in [7, 11) is 0. The lowest BCUT2D eigenvalue weighted by Crippen LogP contribution is -2.26. The molecule has 0 atom stereocenters. The van der Waals surface area contributed by atoms with Crippen LogP contribution in [0.3, 0.4) is 0 Å². The van der Waals surface area contributed by atoms with Crippen LogP contribution >= 0.6 is 0 Å². The van der Waals surface area contributed by atoms with Gasteiger partial charge in [-0.1, -0.05) is 188 Å². The van der Waals surface area contributed by atoms with Gasteiger partial charge in [-0.15, -0.1) is 0 Å². The second kappa shape index (κ2) is 10.6. The summed E-state index contributed by atoms with van der Waals surface area (Å²) < 4.78 is 0. The van der Waals surface area contributed by atoms with E-state index in [0.717, 1.165) is 0 Å². The number of benzene rings is 10. The van der Waals surface area contributed by atoms with E-state index in [1.54, 1.807) is 0 Å². The summed E-state index contributed by atoms with van der Waals surface area (Å²) in [6.45, 7) is 0. The molecule has 0 nitrogen and oxygen atoms in total. The Labute approximate surface area is 319 Å². The third kappa shape index (κ3) is 3.62. The number of rotatable bonds is 2. The molecule has 0 fully saturated rings. The van der Waals surface area contributed by atoms with Crippen LogP contribution in [-0.2, 0) is 5.41 Å². The van der Waals surface area contributed by atoms with Gasteiger partial charge in [0.15, 0.2) is 0 Å². The maximum absolute atomic E-state index is 2.44. The van der Waals surface area contributed by atoms with Gasteiger partial charge in [-0.3, -0.25) is 0 Å². The average Bonchev–Trinajstić information content (AvgIpc) is 3.86. The molecule has 1 spiro atoms. The van der Waals surface area contributed by atoms with Gasteiger partial charge in [0.2, 0.25) is 0 Å². The topological polar surface area (TPSA) is 0 Å². The zero-order valence-corrected chi connectivity index (χ0v) is 30.0. The second-order valence-corrected chi connectivity index (χ2v) is 15.5. The van der Waals surface area contributed by atoms with Crippen LogP contribution in [0.25, 0.3) is 99.1 Å². The number of fused-ring (bicyclic) bond motifs is 17.